The number of hydrogen-bond donors (Lipinski definition) is 1. The molecule has 2 aliphatic carbocycles. The van der Waals surface area contributed by atoms with Crippen LogP contribution in [-0.2, 0) is 0 Å². The van der Waals surface area contributed by atoms with Crippen molar-refractivity contribution in [2.45, 2.75) is 70.0 Å². The summed E-state index contributed by atoms with van der Waals surface area (Å²) < 4.78 is 0. The van der Waals surface area contributed by atoms with Crippen LogP contribution in [0.25, 0.3) is 0 Å². The summed E-state index contributed by atoms with van der Waals surface area (Å²) in [4.78, 5) is 2.77. The van der Waals surface area contributed by atoms with Gasteiger partial charge >= 0.3 is 0 Å². The molecule has 2 aliphatic rings. The van der Waals surface area contributed by atoms with Crippen molar-refractivity contribution in [2.24, 2.45) is 0 Å². The lowest BCUT2D eigenvalue weighted by Gasteiger charge is -2.40. The zero-order chi connectivity index (χ0) is 14.5. The molecule has 21 heavy (non-hydrogen) atoms. The first-order valence-corrected chi connectivity index (χ1v) is 8.92. The number of nitrogens with zero attached hydrogens (tertiary/aromatic N) is 1. The van der Waals surface area contributed by atoms with E-state index in [0.29, 0.717) is 6.04 Å². The molecule has 0 amide bonds. The smallest absolute Gasteiger partial charge is 0.0475 e. The fraction of sp³-hybridized carbons (Fsp3) is 0.684. The Labute approximate surface area is 129 Å². The lowest BCUT2D eigenvalue weighted by molar-refractivity contribution is 0.108. The molecule has 3 rings (SSSR count). The van der Waals surface area contributed by atoms with Crippen LogP contribution in [0.15, 0.2) is 30.3 Å². The van der Waals surface area contributed by atoms with Gasteiger partial charge in [-0.3, -0.25) is 4.90 Å². The summed E-state index contributed by atoms with van der Waals surface area (Å²) in [5, 5.41) is 3.77. The van der Waals surface area contributed by atoms with Crippen LogP contribution >= 0.6 is 0 Å². The van der Waals surface area contributed by atoms with E-state index in [0.717, 1.165) is 25.2 Å². The molecular formula is C19H30N2. The molecule has 0 radical (unpaired) electrons. The standard InChI is InChI=1S/C19H30N2/c1-2-21(18-11-7-4-8-12-18)19(15-20-17-13-14-17)16-9-5-3-6-10-16/h3,5-6,9-10,17-20H,2,4,7-8,11-15H2,1H3. The van der Waals surface area contributed by atoms with E-state index in [4.69, 9.17) is 0 Å². The largest absolute Gasteiger partial charge is 0.312 e. The topological polar surface area (TPSA) is 15.3 Å². The first-order valence-electron chi connectivity index (χ1n) is 8.92. The predicted octanol–water partition coefficient (Wildman–Crippen LogP) is 4.13. The van der Waals surface area contributed by atoms with Crippen molar-refractivity contribution < 1.29 is 0 Å². The second-order valence-electron chi connectivity index (χ2n) is 6.73. The zero-order valence-corrected chi connectivity index (χ0v) is 13.4. The Morgan fingerprint density at radius 1 is 1.05 bits per heavy atom. The van der Waals surface area contributed by atoms with Crippen molar-refractivity contribution in [3.63, 3.8) is 0 Å². The van der Waals surface area contributed by atoms with Gasteiger partial charge in [-0.2, -0.15) is 0 Å². The minimum Gasteiger partial charge on any atom is -0.312 e. The normalized spacial score (nSPS) is 21.6. The molecule has 0 aromatic heterocycles. The molecule has 0 heterocycles. The minimum absolute atomic E-state index is 0.542. The molecule has 1 aromatic carbocycles. The summed E-state index contributed by atoms with van der Waals surface area (Å²) >= 11 is 0. The van der Waals surface area contributed by atoms with Crippen molar-refractivity contribution in [2.75, 3.05) is 13.1 Å². The van der Waals surface area contributed by atoms with Crippen molar-refractivity contribution in [1.82, 2.24) is 10.2 Å². The summed E-state index contributed by atoms with van der Waals surface area (Å²) in [6.07, 6.45) is 9.79. The van der Waals surface area contributed by atoms with Crippen LogP contribution < -0.4 is 5.32 Å². The Hall–Kier alpha value is -0.860. The molecule has 116 valence electrons. The van der Waals surface area contributed by atoms with Crippen LogP contribution in [0.4, 0.5) is 0 Å². The van der Waals surface area contributed by atoms with Gasteiger partial charge in [0.2, 0.25) is 0 Å². The number of hydrogen-bond acceptors (Lipinski definition) is 2. The maximum Gasteiger partial charge on any atom is 0.0475 e. The van der Waals surface area contributed by atoms with Gasteiger partial charge in [0.05, 0.1) is 0 Å². The van der Waals surface area contributed by atoms with E-state index < -0.39 is 0 Å². The van der Waals surface area contributed by atoms with Gasteiger partial charge in [-0.25, -0.2) is 0 Å². The molecule has 2 heteroatoms. The number of rotatable bonds is 7. The van der Waals surface area contributed by atoms with Gasteiger partial charge in [0.1, 0.15) is 0 Å². The molecule has 1 aromatic rings. The van der Waals surface area contributed by atoms with E-state index in [2.05, 4.69) is 47.5 Å². The second-order valence-corrected chi connectivity index (χ2v) is 6.73. The third-order valence-electron chi connectivity index (χ3n) is 5.17. The highest BCUT2D eigenvalue weighted by atomic mass is 15.2. The van der Waals surface area contributed by atoms with Crippen LogP contribution in [0.1, 0.15) is 63.5 Å². The minimum atomic E-state index is 0.542. The van der Waals surface area contributed by atoms with Crippen LogP contribution in [0.3, 0.4) is 0 Å². The van der Waals surface area contributed by atoms with Crippen LogP contribution in [0.2, 0.25) is 0 Å². The summed E-state index contributed by atoms with van der Waals surface area (Å²) in [5.41, 5.74) is 1.48. The first kappa shape index (κ1) is 15.1. The third kappa shape index (κ3) is 4.08. The Bertz CT molecular complexity index is 407. The Morgan fingerprint density at radius 3 is 2.38 bits per heavy atom. The number of benzene rings is 1. The molecule has 0 bridgehead atoms. The lowest BCUT2D eigenvalue weighted by Crippen LogP contribution is -2.43. The number of likely N-dealkylation sites (N-methyl/N-ethyl adjacent to an activating group) is 1. The molecular weight excluding hydrogens is 256 g/mol. The van der Waals surface area contributed by atoms with Crippen molar-refractivity contribution in [3.8, 4) is 0 Å². The zero-order valence-electron chi connectivity index (χ0n) is 13.4. The molecule has 0 aliphatic heterocycles. The summed E-state index contributed by atoms with van der Waals surface area (Å²) in [6, 6.07) is 13.2. The quantitative estimate of drug-likeness (QED) is 0.810. The summed E-state index contributed by atoms with van der Waals surface area (Å²) in [7, 11) is 0. The SMILES string of the molecule is CCN(C1CCCCC1)C(CNC1CC1)c1ccccc1. The second kappa shape index (κ2) is 7.42. The van der Waals surface area contributed by atoms with Gasteiger partial charge in [-0.05, 0) is 37.8 Å². The number of nitrogens with one attached hydrogen (secondary N) is 1. The van der Waals surface area contributed by atoms with E-state index in [-0.39, 0.29) is 0 Å². The van der Waals surface area contributed by atoms with E-state index in [9.17, 15) is 0 Å². The predicted molar refractivity (Wildman–Crippen MR) is 89.5 cm³/mol. The highest BCUT2D eigenvalue weighted by molar-refractivity contribution is 5.20. The fourth-order valence-electron chi connectivity index (χ4n) is 3.81. The molecule has 0 saturated heterocycles. The van der Waals surface area contributed by atoms with Crippen molar-refractivity contribution in [1.29, 1.82) is 0 Å². The van der Waals surface area contributed by atoms with Gasteiger partial charge in [0.25, 0.3) is 0 Å². The first-order chi connectivity index (χ1) is 10.4. The fourth-order valence-corrected chi connectivity index (χ4v) is 3.81. The molecule has 0 spiro atoms. The van der Waals surface area contributed by atoms with Crippen LogP contribution in [0, 0.1) is 0 Å². The van der Waals surface area contributed by atoms with Gasteiger partial charge < -0.3 is 5.32 Å². The van der Waals surface area contributed by atoms with E-state index in [1.807, 2.05) is 0 Å². The highest BCUT2D eigenvalue weighted by Gasteiger charge is 2.29. The average Bonchev–Trinajstić information content (AvgIpc) is 3.37. The molecule has 2 saturated carbocycles. The van der Waals surface area contributed by atoms with Crippen LogP contribution in [-0.4, -0.2) is 30.1 Å². The molecule has 2 fully saturated rings. The monoisotopic (exact) mass is 286 g/mol. The Kier molecular flexibility index (Phi) is 5.32. The Balaban J connectivity index is 1.73. The molecule has 1 unspecified atom stereocenters. The van der Waals surface area contributed by atoms with Crippen molar-refractivity contribution >= 4 is 0 Å². The van der Waals surface area contributed by atoms with Crippen LogP contribution in [0.5, 0.6) is 0 Å². The van der Waals surface area contributed by atoms with E-state index in [1.165, 1.54) is 50.5 Å². The molecule has 1 N–H and O–H groups in total. The highest BCUT2D eigenvalue weighted by Crippen LogP contribution is 2.30. The molecule has 1 atom stereocenters. The lowest BCUT2D eigenvalue weighted by atomic mass is 9.92. The van der Waals surface area contributed by atoms with E-state index >= 15 is 0 Å². The maximum absolute atomic E-state index is 3.77. The van der Waals surface area contributed by atoms with Gasteiger partial charge in [-0.1, -0.05) is 56.5 Å². The van der Waals surface area contributed by atoms with Gasteiger partial charge in [0.15, 0.2) is 0 Å². The Morgan fingerprint density at radius 2 is 1.76 bits per heavy atom. The maximum atomic E-state index is 3.77. The summed E-state index contributed by atoms with van der Waals surface area (Å²) in [5.74, 6) is 0. The van der Waals surface area contributed by atoms with Gasteiger partial charge in [0, 0.05) is 24.7 Å². The third-order valence-corrected chi connectivity index (χ3v) is 5.17. The average molecular weight is 286 g/mol. The van der Waals surface area contributed by atoms with Crippen molar-refractivity contribution in [3.05, 3.63) is 35.9 Å². The molecule has 2 nitrogen and oxygen atoms in total. The van der Waals surface area contributed by atoms with Gasteiger partial charge in [-0.15, -0.1) is 0 Å². The summed E-state index contributed by atoms with van der Waals surface area (Å²) in [6.45, 7) is 4.61. The van der Waals surface area contributed by atoms with E-state index in [1.54, 1.807) is 0 Å².